The van der Waals surface area contributed by atoms with Crippen LogP contribution in [-0.4, -0.2) is 16.5 Å². The van der Waals surface area contributed by atoms with Crippen LogP contribution in [0.5, 0.6) is 0 Å². The molecule has 5 nitrogen and oxygen atoms in total. The second-order valence-electron chi connectivity index (χ2n) is 5.32. The molecule has 0 aliphatic heterocycles. The summed E-state index contributed by atoms with van der Waals surface area (Å²) in [6, 6.07) is 21.2. The van der Waals surface area contributed by atoms with Crippen molar-refractivity contribution in [2.24, 2.45) is 0 Å². The number of nitrogens with one attached hydrogen (secondary N) is 2. The van der Waals surface area contributed by atoms with Gasteiger partial charge in [0.25, 0.3) is 0 Å². The van der Waals surface area contributed by atoms with Gasteiger partial charge in [-0.3, -0.25) is 0 Å². The van der Waals surface area contributed by atoms with E-state index >= 15 is 0 Å². The average Bonchev–Trinajstić information content (AvgIpc) is 2.67. The molecule has 122 valence electrons. The maximum atomic E-state index is 9.04. The smallest absolute Gasteiger partial charge is 0.225 e. The Morgan fingerprint density at radius 1 is 1.04 bits per heavy atom. The Kier molecular flexibility index (Phi) is 5.03. The molecule has 2 N–H and O–H groups in total. The minimum absolute atomic E-state index is 0.514. The van der Waals surface area contributed by atoms with Crippen molar-refractivity contribution in [2.75, 3.05) is 17.2 Å². The molecule has 0 amide bonds. The fourth-order valence-electron chi connectivity index (χ4n) is 2.32. The molecule has 3 rings (SSSR count). The molecule has 1 aromatic heterocycles. The quantitative estimate of drug-likeness (QED) is 0.658. The standard InChI is InChI=1S/C20H17N5/c1-2-11-22-20-24-18(16-8-4-3-5-9-16)13-19(25-20)23-17-10-6-7-15(12-17)14-21/h2-10,12-13H,1,11H2,(H2,22,23,24,25). The Balaban J connectivity index is 1.96. The summed E-state index contributed by atoms with van der Waals surface area (Å²) in [4.78, 5) is 9.04. The first-order chi connectivity index (χ1) is 12.3. The third kappa shape index (κ3) is 4.21. The lowest BCUT2D eigenvalue weighted by Crippen LogP contribution is -2.06. The molecule has 0 bridgehead atoms. The number of nitrogens with zero attached hydrogens (tertiary/aromatic N) is 3. The Hall–Kier alpha value is -3.65. The summed E-state index contributed by atoms with van der Waals surface area (Å²) in [5, 5.41) is 15.4. The van der Waals surface area contributed by atoms with E-state index < -0.39 is 0 Å². The van der Waals surface area contributed by atoms with Gasteiger partial charge in [-0.15, -0.1) is 6.58 Å². The zero-order valence-electron chi connectivity index (χ0n) is 13.6. The van der Waals surface area contributed by atoms with Crippen LogP contribution in [0.2, 0.25) is 0 Å². The largest absolute Gasteiger partial charge is 0.351 e. The lowest BCUT2D eigenvalue weighted by atomic mass is 10.1. The van der Waals surface area contributed by atoms with Crippen LogP contribution >= 0.6 is 0 Å². The van der Waals surface area contributed by atoms with Gasteiger partial charge >= 0.3 is 0 Å². The molecular formula is C20H17N5. The van der Waals surface area contributed by atoms with Crippen molar-refractivity contribution in [1.29, 1.82) is 5.26 Å². The highest BCUT2D eigenvalue weighted by atomic mass is 15.1. The predicted molar refractivity (Wildman–Crippen MR) is 101 cm³/mol. The molecule has 0 aliphatic carbocycles. The van der Waals surface area contributed by atoms with Gasteiger partial charge in [-0.2, -0.15) is 10.2 Å². The van der Waals surface area contributed by atoms with Crippen LogP contribution in [0.25, 0.3) is 11.3 Å². The van der Waals surface area contributed by atoms with E-state index in [-0.39, 0.29) is 0 Å². The van der Waals surface area contributed by atoms with Crippen LogP contribution in [0.3, 0.4) is 0 Å². The van der Waals surface area contributed by atoms with Crippen molar-refractivity contribution in [3.05, 3.63) is 78.9 Å². The Morgan fingerprint density at radius 2 is 1.88 bits per heavy atom. The van der Waals surface area contributed by atoms with Gasteiger partial charge in [0.05, 0.1) is 17.3 Å². The molecule has 0 atom stereocenters. The monoisotopic (exact) mass is 327 g/mol. The first-order valence-corrected chi connectivity index (χ1v) is 7.85. The molecule has 0 aliphatic rings. The number of rotatable bonds is 6. The number of nitriles is 1. The normalized spacial score (nSPS) is 9.88. The molecule has 25 heavy (non-hydrogen) atoms. The number of hydrogen-bond donors (Lipinski definition) is 2. The van der Waals surface area contributed by atoms with Crippen LogP contribution in [0.4, 0.5) is 17.5 Å². The van der Waals surface area contributed by atoms with Gasteiger partial charge < -0.3 is 10.6 Å². The third-order valence-electron chi connectivity index (χ3n) is 3.46. The first-order valence-electron chi connectivity index (χ1n) is 7.85. The maximum absolute atomic E-state index is 9.04. The summed E-state index contributed by atoms with van der Waals surface area (Å²) in [5.41, 5.74) is 3.19. The highest BCUT2D eigenvalue weighted by molar-refractivity contribution is 5.67. The fourth-order valence-corrected chi connectivity index (χ4v) is 2.32. The van der Waals surface area contributed by atoms with E-state index in [2.05, 4.69) is 33.2 Å². The number of benzene rings is 2. The van der Waals surface area contributed by atoms with E-state index in [0.29, 0.717) is 23.9 Å². The van der Waals surface area contributed by atoms with Crippen LogP contribution in [-0.2, 0) is 0 Å². The Bertz CT molecular complexity index is 913. The summed E-state index contributed by atoms with van der Waals surface area (Å²) in [6.45, 7) is 4.27. The average molecular weight is 327 g/mol. The lowest BCUT2D eigenvalue weighted by molar-refractivity contribution is 1.12. The molecule has 0 radical (unpaired) electrons. The molecule has 5 heteroatoms. The molecule has 2 aromatic carbocycles. The molecular weight excluding hydrogens is 310 g/mol. The molecule has 0 spiro atoms. The first kappa shape index (κ1) is 16.2. The summed E-state index contributed by atoms with van der Waals surface area (Å²) >= 11 is 0. The van der Waals surface area contributed by atoms with E-state index in [0.717, 1.165) is 16.9 Å². The summed E-state index contributed by atoms with van der Waals surface area (Å²) in [6.07, 6.45) is 1.75. The van der Waals surface area contributed by atoms with Gasteiger partial charge in [0.2, 0.25) is 5.95 Å². The second-order valence-corrected chi connectivity index (χ2v) is 5.32. The Labute approximate surface area is 146 Å². The molecule has 0 fully saturated rings. The molecule has 0 saturated heterocycles. The van der Waals surface area contributed by atoms with E-state index in [1.54, 1.807) is 18.2 Å². The number of aromatic nitrogens is 2. The van der Waals surface area contributed by atoms with E-state index in [1.165, 1.54) is 0 Å². The lowest BCUT2D eigenvalue weighted by Gasteiger charge is -2.11. The third-order valence-corrected chi connectivity index (χ3v) is 3.46. The molecule has 0 saturated carbocycles. The van der Waals surface area contributed by atoms with Crippen molar-refractivity contribution in [3.63, 3.8) is 0 Å². The summed E-state index contributed by atoms with van der Waals surface area (Å²) in [7, 11) is 0. The van der Waals surface area contributed by atoms with Gasteiger partial charge in [-0.05, 0) is 18.2 Å². The number of hydrogen-bond acceptors (Lipinski definition) is 5. The van der Waals surface area contributed by atoms with Gasteiger partial charge in [-0.25, -0.2) is 4.98 Å². The van der Waals surface area contributed by atoms with Gasteiger partial charge in [-0.1, -0.05) is 42.5 Å². The summed E-state index contributed by atoms with van der Waals surface area (Å²) in [5.74, 6) is 1.16. The number of anilines is 3. The predicted octanol–water partition coefficient (Wildman–Crippen LogP) is 4.36. The zero-order chi connectivity index (χ0) is 17.5. The second kappa shape index (κ2) is 7.75. The van der Waals surface area contributed by atoms with Gasteiger partial charge in [0, 0.05) is 23.9 Å². The highest BCUT2D eigenvalue weighted by Crippen LogP contribution is 2.23. The highest BCUT2D eigenvalue weighted by Gasteiger charge is 2.07. The van der Waals surface area contributed by atoms with Crippen LogP contribution in [0.1, 0.15) is 5.56 Å². The maximum Gasteiger partial charge on any atom is 0.225 e. The van der Waals surface area contributed by atoms with E-state index in [4.69, 9.17) is 5.26 Å². The van der Waals surface area contributed by atoms with Gasteiger partial charge in [0.1, 0.15) is 5.82 Å². The van der Waals surface area contributed by atoms with Crippen molar-refractivity contribution in [1.82, 2.24) is 9.97 Å². The van der Waals surface area contributed by atoms with Crippen molar-refractivity contribution < 1.29 is 0 Å². The van der Waals surface area contributed by atoms with Gasteiger partial charge in [0.15, 0.2) is 0 Å². The fraction of sp³-hybridized carbons (Fsp3) is 0.0500. The summed E-state index contributed by atoms with van der Waals surface area (Å²) < 4.78 is 0. The topological polar surface area (TPSA) is 73.6 Å². The van der Waals surface area contributed by atoms with E-state index in [9.17, 15) is 0 Å². The Morgan fingerprint density at radius 3 is 2.64 bits per heavy atom. The van der Waals surface area contributed by atoms with Crippen molar-refractivity contribution >= 4 is 17.5 Å². The molecule has 3 aromatic rings. The molecule has 0 unspecified atom stereocenters. The SMILES string of the molecule is C=CCNc1nc(Nc2cccc(C#N)c2)cc(-c2ccccc2)n1. The zero-order valence-corrected chi connectivity index (χ0v) is 13.6. The van der Waals surface area contributed by atoms with E-state index in [1.807, 2.05) is 48.5 Å². The van der Waals surface area contributed by atoms with Crippen molar-refractivity contribution in [2.45, 2.75) is 0 Å². The van der Waals surface area contributed by atoms with Crippen LogP contribution in [0, 0.1) is 11.3 Å². The van der Waals surface area contributed by atoms with Crippen molar-refractivity contribution in [3.8, 4) is 17.3 Å². The minimum atomic E-state index is 0.514. The van der Waals surface area contributed by atoms with Crippen LogP contribution in [0.15, 0.2) is 73.3 Å². The molecule has 1 heterocycles. The minimum Gasteiger partial charge on any atom is -0.351 e. The van der Waals surface area contributed by atoms with Crippen LogP contribution < -0.4 is 10.6 Å².